The molecule has 0 fully saturated rings. The van der Waals surface area contributed by atoms with E-state index in [1.165, 1.54) is 23.9 Å². The molecule has 0 N–H and O–H groups in total. The lowest BCUT2D eigenvalue weighted by Gasteiger charge is -2.37. The van der Waals surface area contributed by atoms with Gasteiger partial charge in [-0.3, -0.25) is 9.36 Å². The normalized spacial score (nSPS) is 16.7. The zero-order chi connectivity index (χ0) is 30.2. The Bertz CT molecular complexity index is 1620. The Hall–Kier alpha value is -2.87. The Labute approximate surface area is 259 Å². The average Bonchev–Trinajstić information content (AvgIpc) is 3.36. The summed E-state index contributed by atoms with van der Waals surface area (Å²) in [4.78, 5) is 17.4. The summed E-state index contributed by atoms with van der Waals surface area (Å²) < 4.78 is 37.0. The van der Waals surface area contributed by atoms with Crippen molar-refractivity contribution in [3.05, 3.63) is 105 Å². The number of imidazole rings is 1. The van der Waals surface area contributed by atoms with Crippen molar-refractivity contribution < 1.29 is 18.3 Å². The zero-order valence-corrected chi connectivity index (χ0v) is 26.2. The summed E-state index contributed by atoms with van der Waals surface area (Å²) in [6, 6.07) is 14.9. The smallest absolute Gasteiger partial charge is 0.173 e. The molecular weight excluding hydrogens is 597 g/mol. The van der Waals surface area contributed by atoms with E-state index in [2.05, 4.69) is 20.8 Å². The molecule has 42 heavy (non-hydrogen) atoms. The fourth-order valence-corrected chi connectivity index (χ4v) is 7.09. The number of ketones is 1. The third-order valence-corrected chi connectivity index (χ3v) is 9.49. The number of nitrogens with zero attached hydrogens (tertiary/aromatic N) is 2. The van der Waals surface area contributed by atoms with E-state index in [1.54, 1.807) is 30.3 Å². The molecule has 0 saturated carbocycles. The maximum absolute atomic E-state index is 14.5. The number of rotatable bonds is 10. The number of carbonyl (C=O) groups excluding carboxylic acids is 1. The molecule has 4 nitrogen and oxygen atoms in total. The van der Waals surface area contributed by atoms with Crippen LogP contribution < -0.4 is 4.74 Å². The first-order chi connectivity index (χ1) is 20.0. The van der Waals surface area contributed by atoms with Crippen LogP contribution in [-0.4, -0.2) is 21.9 Å². The highest BCUT2D eigenvalue weighted by Gasteiger charge is 2.39. The molecule has 220 valence electrons. The molecule has 2 unspecified atom stereocenters. The second kappa shape index (κ2) is 12.4. The van der Waals surface area contributed by atoms with Gasteiger partial charge in [0.1, 0.15) is 24.0 Å². The molecule has 2 atom stereocenters. The van der Waals surface area contributed by atoms with Crippen molar-refractivity contribution in [2.75, 3.05) is 6.61 Å². The number of aromatic nitrogens is 2. The average molecular weight is 630 g/mol. The van der Waals surface area contributed by atoms with Crippen LogP contribution in [0.2, 0.25) is 10.0 Å². The first-order valence-electron chi connectivity index (χ1n) is 13.9. The predicted octanol–water partition coefficient (Wildman–Crippen LogP) is 9.24. The molecule has 0 amide bonds. The standard InChI is InChI=1S/C33H32Cl2F2N2O2S/c1-19(2)12-20(3)29(40)17-41-30-14-22(8-10-26(30)35)33(4)15-21-13-23(36)9-11-28(21)39-31(33)16-38-32(39)42-18-24-25(34)6-5-7-27(24)37/h5-11,13-14,16,19-20H,12,15,17-18H2,1-4H3. The van der Waals surface area contributed by atoms with E-state index in [0.29, 0.717) is 38.9 Å². The second-order valence-electron chi connectivity index (χ2n) is 11.5. The number of Topliss-reactive ketones (excluding diaryl/α,β-unsaturated/α-hetero) is 1. The third-order valence-electron chi connectivity index (χ3n) is 7.84. The van der Waals surface area contributed by atoms with Crippen molar-refractivity contribution in [2.24, 2.45) is 11.8 Å². The van der Waals surface area contributed by atoms with Crippen molar-refractivity contribution in [1.82, 2.24) is 9.55 Å². The second-order valence-corrected chi connectivity index (χ2v) is 13.2. The molecule has 9 heteroatoms. The van der Waals surface area contributed by atoms with Crippen molar-refractivity contribution in [3.8, 4) is 11.4 Å². The molecule has 1 aliphatic rings. The lowest BCUT2D eigenvalue weighted by Crippen LogP contribution is -2.34. The molecule has 4 aromatic rings. The van der Waals surface area contributed by atoms with Crippen molar-refractivity contribution >= 4 is 40.7 Å². The largest absolute Gasteiger partial charge is 0.484 e. The summed E-state index contributed by atoms with van der Waals surface area (Å²) in [5.74, 6) is 0.301. The minimum atomic E-state index is -0.639. The Morgan fingerprint density at radius 2 is 1.88 bits per heavy atom. The number of carbonyl (C=O) groups is 1. The summed E-state index contributed by atoms with van der Waals surface area (Å²) >= 11 is 14.2. The molecule has 1 aromatic heterocycles. The van der Waals surface area contributed by atoms with E-state index < -0.39 is 5.41 Å². The van der Waals surface area contributed by atoms with E-state index in [0.717, 1.165) is 28.9 Å². The van der Waals surface area contributed by atoms with Gasteiger partial charge in [-0.05, 0) is 79.3 Å². The summed E-state index contributed by atoms with van der Waals surface area (Å²) in [6.07, 6.45) is 3.10. The molecule has 0 radical (unpaired) electrons. The molecule has 0 saturated heterocycles. The SMILES string of the molecule is CC(C)CC(C)C(=O)COc1cc(C2(C)Cc3cc(F)ccc3-n3c2cnc3SCc2c(F)cccc2Cl)ccc1Cl. The van der Waals surface area contributed by atoms with Crippen molar-refractivity contribution in [3.63, 3.8) is 0 Å². The van der Waals surface area contributed by atoms with E-state index in [9.17, 15) is 13.6 Å². The number of benzene rings is 3. The van der Waals surface area contributed by atoms with Gasteiger partial charge in [0, 0.05) is 27.7 Å². The Morgan fingerprint density at radius 1 is 1.10 bits per heavy atom. The molecule has 0 spiro atoms. The highest BCUT2D eigenvalue weighted by atomic mass is 35.5. The summed E-state index contributed by atoms with van der Waals surface area (Å²) in [5, 5.41) is 1.39. The van der Waals surface area contributed by atoms with Gasteiger partial charge in [0.05, 0.1) is 22.6 Å². The van der Waals surface area contributed by atoms with Crippen LogP contribution in [0.3, 0.4) is 0 Å². The Morgan fingerprint density at radius 3 is 2.62 bits per heavy atom. The molecule has 0 aliphatic carbocycles. The van der Waals surface area contributed by atoms with E-state index in [-0.39, 0.29) is 35.7 Å². The fourth-order valence-electron chi connectivity index (χ4n) is 5.59. The Balaban J connectivity index is 1.50. The van der Waals surface area contributed by atoms with Crippen LogP contribution >= 0.6 is 35.0 Å². The van der Waals surface area contributed by atoms with Crippen molar-refractivity contribution in [1.29, 1.82) is 0 Å². The van der Waals surface area contributed by atoms with Gasteiger partial charge in [0.25, 0.3) is 0 Å². The van der Waals surface area contributed by atoms with Gasteiger partial charge in [-0.2, -0.15) is 0 Å². The lowest BCUT2D eigenvalue weighted by atomic mass is 9.72. The van der Waals surface area contributed by atoms with Gasteiger partial charge in [-0.1, -0.05) is 67.9 Å². The van der Waals surface area contributed by atoms with Gasteiger partial charge in [0.15, 0.2) is 10.9 Å². The molecule has 2 heterocycles. The van der Waals surface area contributed by atoms with Gasteiger partial charge >= 0.3 is 0 Å². The highest BCUT2D eigenvalue weighted by Crippen LogP contribution is 2.46. The minimum absolute atomic E-state index is 0.0214. The van der Waals surface area contributed by atoms with E-state index in [4.69, 9.17) is 32.9 Å². The number of hydrogen-bond donors (Lipinski definition) is 0. The molecule has 0 bridgehead atoms. The summed E-state index contributed by atoms with van der Waals surface area (Å²) in [5.41, 5.74) is 3.16. The number of thioether (sulfide) groups is 1. The van der Waals surface area contributed by atoms with Crippen LogP contribution in [0.5, 0.6) is 5.75 Å². The van der Waals surface area contributed by atoms with Crippen LogP contribution in [0.4, 0.5) is 8.78 Å². The van der Waals surface area contributed by atoms with Crippen molar-refractivity contribution in [2.45, 2.75) is 56.9 Å². The monoisotopic (exact) mass is 628 g/mol. The molecule has 5 rings (SSSR count). The van der Waals surface area contributed by atoms with Crippen LogP contribution in [0.1, 0.15) is 56.5 Å². The van der Waals surface area contributed by atoms with Gasteiger partial charge in [-0.25, -0.2) is 13.8 Å². The minimum Gasteiger partial charge on any atom is -0.484 e. The first-order valence-corrected chi connectivity index (χ1v) is 15.6. The molecular formula is C33H32Cl2F2N2O2S. The maximum atomic E-state index is 14.5. The topological polar surface area (TPSA) is 44.1 Å². The van der Waals surface area contributed by atoms with Gasteiger partial charge < -0.3 is 4.74 Å². The first kappa shape index (κ1) is 30.6. The van der Waals surface area contributed by atoms with Crippen LogP contribution in [0, 0.1) is 23.5 Å². The molecule has 1 aliphatic heterocycles. The Kier molecular flexibility index (Phi) is 9.02. The number of hydrogen-bond acceptors (Lipinski definition) is 4. The number of halogens is 4. The van der Waals surface area contributed by atoms with E-state index in [1.807, 2.05) is 29.8 Å². The number of fused-ring (bicyclic) bond motifs is 3. The highest BCUT2D eigenvalue weighted by molar-refractivity contribution is 7.98. The van der Waals surface area contributed by atoms with Crippen LogP contribution in [0.25, 0.3) is 5.69 Å². The van der Waals surface area contributed by atoms with Crippen LogP contribution in [0.15, 0.2) is 66.0 Å². The van der Waals surface area contributed by atoms with Gasteiger partial charge in [0.2, 0.25) is 0 Å². The molecule has 3 aromatic carbocycles. The quantitative estimate of drug-likeness (QED) is 0.164. The zero-order valence-electron chi connectivity index (χ0n) is 23.9. The lowest BCUT2D eigenvalue weighted by molar-refractivity contribution is -0.124. The number of ether oxygens (including phenoxy) is 1. The third kappa shape index (κ3) is 6.10. The predicted molar refractivity (Wildman–Crippen MR) is 165 cm³/mol. The summed E-state index contributed by atoms with van der Waals surface area (Å²) in [6.45, 7) is 8.09. The van der Waals surface area contributed by atoms with Gasteiger partial charge in [-0.15, -0.1) is 0 Å². The maximum Gasteiger partial charge on any atom is 0.173 e. The van der Waals surface area contributed by atoms with Crippen LogP contribution in [-0.2, 0) is 22.4 Å². The summed E-state index contributed by atoms with van der Waals surface area (Å²) in [7, 11) is 0. The fraction of sp³-hybridized carbons (Fsp3) is 0.333. The van der Waals surface area contributed by atoms with E-state index >= 15 is 0 Å².